The van der Waals surface area contributed by atoms with Crippen LogP contribution in [0.4, 0.5) is 0 Å². The van der Waals surface area contributed by atoms with Crippen molar-refractivity contribution in [3.8, 4) is 0 Å². The van der Waals surface area contributed by atoms with Gasteiger partial charge in [0.15, 0.2) is 0 Å². The van der Waals surface area contributed by atoms with Crippen LogP contribution in [-0.2, 0) is 37.1 Å². The fraction of sp³-hybridized carbons (Fsp3) is 0.321. The predicted octanol–water partition coefficient (Wildman–Crippen LogP) is 4.06. The molecule has 0 unspecified atom stereocenters. The zero-order valence-electron chi connectivity index (χ0n) is 20.9. The molecule has 2 aromatic carbocycles. The number of benzene rings is 2. The van der Waals surface area contributed by atoms with Crippen molar-refractivity contribution in [2.24, 2.45) is 5.92 Å². The van der Waals surface area contributed by atoms with E-state index in [9.17, 15) is 14.4 Å². The highest BCUT2D eigenvalue weighted by atomic mass is 16.5. The Balaban J connectivity index is 1.89. The third-order valence-electron chi connectivity index (χ3n) is 6.11. The molecule has 2 aromatic rings. The first-order valence-corrected chi connectivity index (χ1v) is 11.5. The maximum absolute atomic E-state index is 13.2. The van der Waals surface area contributed by atoms with Crippen LogP contribution in [0, 0.1) is 5.92 Å². The molecule has 0 saturated heterocycles. The Hall–Kier alpha value is -3.87. The number of carbonyl (C=O) groups excluding carboxylic acids is 3. The van der Waals surface area contributed by atoms with Gasteiger partial charge in [0.2, 0.25) is 5.91 Å². The van der Waals surface area contributed by atoms with Gasteiger partial charge in [-0.25, -0.2) is 9.59 Å². The standard InChI is InChI=1S/C28H32N2O5/c1-19-25(27(32)34-17-22-12-8-6-9-13-22)20(2)30(16-24(31)29(4)5)21(3)26(19)28(33)35-18-23-14-10-7-11-15-23/h6-15,19H,16-18H2,1-5H3. The largest absolute Gasteiger partial charge is 0.457 e. The van der Waals surface area contributed by atoms with Crippen LogP contribution in [-0.4, -0.2) is 48.3 Å². The lowest BCUT2D eigenvalue weighted by atomic mass is 9.86. The summed E-state index contributed by atoms with van der Waals surface area (Å²) in [5.74, 6) is -1.77. The van der Waals surface area contributed by atoms with Gasteiger partial charge < -0.3 is 19.3 Å². The number of esters is 2. The smallest absolute Gasteiger partial charge is 0.336 e. The number of hydrogen-bond acceptors (Lipinski definition) is 6. The van der Waals surface area contributed by atoms with Gasteiger partial charge in [0.1, 0.15) is 19.8 Å². The number of amides is 1. The fourth-order valence-corrected chi connectivity index (χ4v) is 4.08. The van der Waals surface area contributed by atoms with Gasteiger partial charge in [-0.15, -0.1) is 0 Å². The van der Waals surface area contributed by atoms with Crippen LogP contribution < -0.4 is 0 Å². The van der Waals surface area contributed by atoms with Gasteiger partial charge in [-0.2, -0.15) is 0 Å². The second-order valence-electron chi connectivity index (χ2n) is 8.72. The third-order valence-corrected chi connectivity index (χ3v) is 6.11. The Labute approximate surface area is 206 Å². The van der Waals surface area contributed by atoms with E-state index in [0.717, 1.165) is 11.1 Å². The second-order valence-corrected chi connectivity index (χ2v) is 8.72. The third kappa shape index (κ3) is 6.18. The van der Waals surface area contributed by atoms with Gasteiger partial charge >= 0.3 is 11.9 Å². The van der Waals surface area contributed by atoms with E-state index in [-0.39, 0.29) is 25.7 Å². The summed E-state index contributed by atoms with van der Waals surface area (Å²) in [6, 6.07) is 18.8. The lowest BCUT2D eigenvalue weighted by molar-refractivity contribution is -0.142. The Morgan fingerprint density at radius 1 is 0.771 bits per heavy atom. The van der Waals surface area contributed by atoms with Gasteiger partial charge in [0.25, 0.3) is 0 Å². The van der Waals surface area contributed by atoms with Crippen molar-refractivity contribution in [3.05, 3.63) is 94.3 Å². The topological polar surface area (TPSA) is 76.2 Å². The van der Waals surface area contributed by atoms with Crippen LogP contribution in [0.15, 0.2) is 83.2 Å². The summed E-state index contributed by atoms with van der Waals surface area (Å²) in [7, 11) is 3.33. The minimum absolute atomic E-state index is 0.0116. The Bertz CT molecular complexity index is 1060. The van der Waals surface area contributed by atoms with Gasteiger partial charge in [-0.1, -0.05) is 67.6 Å². The first-order chi connectivity index (χ1) is 16.7. The van der Waals surface area contributed by atoms with Crippen molar-refractivity contribution in [2.45, 2.75) is 34.0 Å². The molecule has 0 aliphatic carbocycles. The van der Waals surface area contributed by atoms with Gasteiger partial charge in [0, 0.05) is 31.4 Å². The van der Waals surface area contributed by atoms with Crippen molar-refractivity contribution in [1.82, 2.24) is 9.80 Å². The summed E-state index contributed by atoms with van der Waals surface area (Å²) in [4.78, 5) is 42.2. The van der Waals surface area contributed by atoms with E-state index in [4.69, 9.17) is 9.47 Å². The number of likely N-dealkylation sites (N-methyl/N-ethyl adjacent to an activating group) is 1. The van der Waals surface area contributed by atoms with E-state index in [1.807, 2.05) is 60.7 Å². The number of allylic oxidation sites excluding steroid dienone is 2. The van der Waals surface area contributed by atoms with E-state index in [0.29, 0.717) is 22.5 Å². The first kappa shape index (κ1) is 25.7. The monoisotopic (exact) mass is 476 g/mol. The molecule has 7 heteroatoms. The van der Waals surface area contributed by atoms with Gasteiger partial charge in [-0.3, -0.25) is 4.79 Å². The molecule has 35 heavy (non-hydrogen) atoms. The molecule has 0 bridgehead atoms. The van der Waals surface area contributed by atoms with Gasteiger partial charge in [0.05, 0.1) is 11.1 Å². The van der Waals surface area contributed by atoms with E-state index >= 15 is 0 Å². The molecular formula is C28H32N2O5. The van der Waals surface area contributed by atoms with Crippen molar-refractivity contribution < 1.29 is 23.9 Å². The van der Waals surface area contributed by atoms with Crippen LogP contribution in [0.25, 0.3) is 0 Å². The summed E-state index contributed by atoms with van der Waals surface area (Å²) in [6.45, 7) is 5.54. The average molecular weight is 477 g/mol. The molecule has 3 rings (SSSR count). The second kappa shape index (κ2) is 11.5. The molecule has 7 nitrogen and oxygen atoms in total. The molecule has 1 aliphatic heterocycles. The lowest BCUT2D eigenvalue weighted by Crippen LogP contribution is -2.40. The SMILES string of the molecule is CC1=C(C(=O)OCc2ccccc2)C(C)C(C(=O)OCc2ccccc2)=C(C)N1CC(=O)N(C)C. The zero-order valence-corrected chi connectivity index (χ0v) is 20.9. The summed E-state index contributed by atoms with van der Waals surface area (Å²) in [5, 5.41) is 0. The first-order valence-electron chi connectivity index (χ1n) is 11.5. The maximum atomic E-state index is 13.2. The van der Waals surface area contributed by atoms with Crippen LogP contribution in [0.3, 0.4) is 0 Å². The van der Waals surface area contributed by atoms with Crippen LogP contribution in [0.2, 0.25) is 0 Å². The molecule has 184 valence electrons. The Kier molecular flexibility index (Phi) is 8.47. The van der Waals surface area contributed by atoms with E-state index < -0.39 is 17.9 Å². The molecule has 0 aromatic heterocycles. The van der Waals surface area contributed by atoms with Crippen molar-refractivity contribution >= 4 is 17.8 Å². The Morgan fingerprint density at radius 3 is 1.54 bits per heavy atom. The van der Waals surface area contributed by atoms with Crippen molar-refractivity contribution in [1.29, 1.82) is 0 Å². The number of rotatable bonds is 8. The number of ether oxygens (including phenoxy) is 2. The van der Waals surface area contributed by atoms with E-state index in [1.54, 1.807) is 39.8 Å². The number of hydrogen-bond donors (Lipinski definition) is 0. The van der Waals surface area contributed by atoms with Gasteiger partial charge in [-0.05, 0) is 25.0 Å². The van der Waals surface area contributed by atoms with Crippen LogP contribution in [0.1, 0.15) is 31.9 Å². The minimum atomic E-state index is -0.563. The van der Waals surface area contributed by atoms with Crippen LogP contribution >= 0.6 is 0 Å². The van der Waals surface area contributed by atoms with Crippen molar-refractivity contribution in [2.75, 3.05) is 20.6 Å². The molecule has 0 fully saturated rings. The molecule has 1 aliphatic rings. The Morgan fingerprint density at radius 2 is 1.17 bits per heavy atom. The lowest BCUT2D eigenvalue weighted by Gasteiger charge is -2.36. The average Bonchev–Trinajstić information content (AvgIpc) is 2.85. The zero-order chi connectivity index (χ0) is 25.5. The highest BCUT2D eigenvalue weighted by Crippen LogP contribution is 2.36. The highest BCUT2D eigenvalue weighted by Gasteiger charge is 2.37. The maximum Gasteiger partial charge on any atom is 0.336 e. The number of carbonyl (C=O) groups is 3. The summed E-state index contributed by atoms with van der Waals surface area (Å²) in [5.41, 5.74) is 3.56. The molecule has 0 saturated carbocycles. The summed E-state index contributed by atoms with van der Waals surface area (Å²) in [6.07, 6.45) is 0. The normalized spacial score (nSPS) is 14.1. The molecule has 1 amide bonds. The highest BCUT2D eigenvalue weighted by molar-refractivity contribution is 5.98. The molecule has 0 radical (unpaired) electrons. The van der Waals surface area contributed by atoms with E-state index in [1.165, 1.54) is 4.90 Å². The summed E-state index contributed by atoms with van der Waals surface area (Å²) >= 11 is 0. The molecule has 0 N–H and O–H groups in total. The molecule has 0 atom stereocenters. The molecule has 1 heterocycles. The molecule has 0 spiro atoms. The minimum Gasteiger partial charge on any atom is -0.457 e. The summed E-state index contributed by atoms with van der Waals surface area (Å²) < 4.78 is 11.2. The quantitative estimate of drug-likeness (QED) is 0.535. The van der Waals surface area contributed by atoms with E-state index in [2.05, 4.69) is 0 Å². The molecular weight excluding hydrogens is 444 g/mol. The van der Waals surface area contributed by atoms with Crippen LogP contribution in [0.5, 0.6) is 0 Å². The van der Waals surface area contributed by atoms with Crippen molar-refractivity contribution in [3.63, 3.8) is 0 Å². The fourth-order valence-electron chi connectivity index (χ4n) is 4.08. The predicted molar refractivity (Wildman–Crippen MR) is 132 cm³/mol. The number of nitrogens with zero attached hydrogens (tertiary/aromatic N) is 2.